The third kappa shape index (κ3) is 1.06. The molecule has 12 heavy (non-hydrogen) atoms. The Kier molecular flexibility index (Phi) is 1.72. The molecule has 0 N–H and O–H groups in total. The first-order chi connectivity index (χ1) is 5.78. The van der Waals surface area contributed by atoms with E-state index in [2.05, 4.69) is 5.92 Å². The first-order valence-electron chi connectivity index (χ1n) is 4.75. The molecule has 0 bridgehead atoms. The fourth-order valence-electron chi connectivity index (χ4n) is 2.59. The quantitative estimate of drug-likeness (QED) is 0.569. The lowest BCUT2D eigenvalue weighted by Gasteiger charge is -2.19. The van der Waals surface area contributed by atoms with Crippen molar-refractivity contribution in [3.05, 3.63) is 0 Å². The number of terminal acetylenes is 1. The van der Waals surface area contributed by atoms with Crippen molar-refractivity contribution in [1.29, 1.82) is 0 Å². The van der Waals surface area contributed by atoms with Crippen LogP contribution in [0.15, 0.2) is 0 Å². The van der Waals surface area contributed by atoms with Crippen molar-refractivity contribution in [3.8, 4) is 12.3 Å². The maximum atomic E-state index is 11.4. The SMILES string of the molecule is C#CCC[C@]12CCCC(=O)[C@H]1C2. The summed E-state index contributed by atoms with van der Waals surface area (Å²) >= 11 is 0. The summed E-state index contributed by atoms with van der Waals surface area (Å²) in [7, 11) is 0. The van der Waals surface area contributed by atoms with Gasteiger partial charge in [0, 0.05) is 18.8 Å². The lowest BCUT2D eigenvalue weighted by atomic mass is 9.84. The molecular formula is C11H14O. The highest BCUT2D eigenvalue weighted by Gasteiger charge is 2.57. The van der Waals surface area contributed by atoms with Crippen molar-refractivity contribution in [3.63, 3.8) is 0 Å². The molecule has 1 heteroatoms. The largest absolute Gasteiger partial charge is 0.299 e. The van der Waals surface area contributed by atoms with E-state index in [1.54, 1.807) is 0 Å². The summed E-state index contributed by atoms with van der Waals surface area (Å²) in [6, 6.07) is 0. The lowest BCUT2D eigenvalue weighted by molar-refractivity contribution is -0.122. The number of rotatable bonds is 2. The average molecular weight is 162 g/mol. The Morgan fingerprint density at radius 3 is 3.25 bits per heavy atom. The number of carbonyl (C=O) groups excluding carboxylic acids is 1. The molecule has 0 unspecified atom stereocenters. The van der Waals surface area contributed by atoms with Crippen LogP contribution in [-0.4, -0.2) is 5.78 Å². The van der Waals surface area contributed by atoms with Crippen LogP contribution >= 0.6 is 0 Å². The normalized spacial score (nSPS) is 38.6. The van der Waals surface area contributed by atoms with Gasteiger partial charge >= 0.3 is 0 Å². The first-order valence-corrected chi connectivity index (χ1v) is 4.75. The maximum Gasteiger partial charge on any atom is 0.136 e. The average Bonchev–Trinajstić information content (AvgIpc) is 2.78. The molecule has 2 aliphatic rings. The van der Waals surface area contributed by atoms with Crippen LogP contribution in [0.5, 0.6) is 0 Å². The molecule has 2 atom stereocenters. The molecule has 0 aromatic carbocycles. The predicted molar refractivity (Wildman–Crippen MR) is 47.5 cm³/mol. The van der Waals surface area contributed by atoms with E-state index in [0.29, 0.717) is 17.1 Å². The van der Waals surface area contributed by atoms with Crippen LogP contribution in [0.25, 0.3) is 0 Å². The number of hydrogen-bond donors (Lipinski definition) is 0. The molecule has 0 amide bonds. The van der Waals surface area contributed by atoms with E-state index in [9.17, 15) is 4.79 Å². The maximum absolute atomic E-state index is 11.4. The van der Waals surface area contributed by atoms with E-state index >= 15 is 0 Å². The van der Waals surface area contributed by atoms with Gasteiger partial charge in [0.25, 0.3) is 0 Å². The molecule has 2 saturated carbocycles. The molecule has 2 fully saturated rings. The summed E-state index contributed by atoms with van der Waals surface area (Å²) in [5, 5.41) is 0. The second-order valence-electron chi connectivity index (χ2n) is 4.14. The molecule has 0 aromatic rings. The zero-order valence-electron chi connectivity index (χ0n) is 7.31. The van der Waals surface area contributed by atoms with Crippen LogP contribution in [0.2, 0.25) is 0 Å². The Bertz CT molecular complexity index is 248. The number of carbonyl (C=O) groups is 1. The number of ketones is 1. The van der Waals surface area contributed by atoms with Gasteiger partial charge in [-0.25, -0.2) is 0 Å². The third-order valence-electron chi connectivity index (χ3n) is 3.44. The first kappa shape index (κ1) is 7.86. The van der Waals surface area contributed by atoms with E-state index in [1.807, 2.05) is 0 Å². The highest BCUT2D eigenvalue weighted by Crippen LogP contribution is 2.62. The number of fused-ring (bicyclic) bond motifs is 1. The molecule has 64 valence electrons. The zero-order chi connectivity index (χ0) is 8.60. The zero-order valence-corrected chi connectivity index (χ0v) is 7.31. The molecular weight excluding hydrogens is 148 g/mol. The minimum absolute atomic E-state index is 0.377. The minimum atomic E-state index is 0.377. The Labute approximate surface area is 73.5 Å². The Balaban J connectivity index is 1.98. The van der Waals surface area contributed by atoms with E-state index in [-0.39, 0.29) is 0 Å². The lowest BCUT2D eigenvalue weighted by Crippen LogP contribution is -2.17. The smallest absolute Gasteiger partial charge is 0.136 e. The minimum Gasteiger partial charge on any atom is -0.299 e. The molecule has 0 aromatic heterocycles. The Hall–Kier alpha value is -0.770. The fourth-order valence-corrected chi connectivity index (χ4v) is 2.59. The van der Waals surface area contributed by atoms with E-state index in [0.717, 1.165) is 32.1 Å². The predicted octanol–water partition coefficient (Wildman–Crippen LogP) is 2.16. The van der Waals surface area contributed by atoms with Crippen molar-refractivity contribution in [1.82, 2.24) is 0 Å². The molecule has 0 aliphatic heterocycles. The third-order valence-corrected chi connectivity index (χ3v) is 3.44. The molecule has 0 spiro atoms. The van der Waals surface area contributed by atoms with Crippen molar-refractivity contribution in [2.75, 3.05) is 0 Å². The van der Waals surface area contributed by atoms with Gasteiger partial charge in [-0.3, -0.25) is 4.79 Å². The van der Waals surface area contributed by atoms with Crippen molar-refractivity contribution < 1.29 is 4.79 Å². The van der Waals surface area contributed by atoms with Crippen LogP contribution < -0.4 is 0 Å². The van der Waals surface area contributed by atoms with Gasteiger partial charge in [0.2, 0.25) is 0 Å². The fraction of sp³-hybridized carbons (Fsp3) is 0.727. The molecule has 0 heterocycles. The van der Waals surface area contributed by atoms with Crippen molar-refractivity contribution >= 4 is 5.78 Å². The van der Waals surface area contributed by atoms with Gasteiger partial charge < -0.3 is 0 Å². The van der Waals surface area contributed by atoms with Crippen LogP contribution in [0, 0.1) is 23.7 Å². The van der Waals surface area contributed by atoms with Gasteiger partial charge in [0.05, 0.1) is 0 Å². The van der Waals surface area contributed by atoms with Crippen LogP contribution in [0.1, 0.15) is 38.5 Å². The summed E-state index contributed by atoms with van der Waals surface area (Å²) < 4.78 is 0. The molecule has 0 saturated heterocycles. The Morgan fingerprint density at radius 1 is 1.67 bits per heavy atom. The monoisotopic (exact) mass is 162 g/mol. The van der Waals surface area contributed by atoms with Gasteiger partial charge in [-0.15, -0.1) is 12.3 Å². The van der Waals surface area contributed by atoms with Gasteiger partial charge in [-0.1, -0.05) is 0 Å². The van der Waals surface area contributed by atoms with E-state index in [4.69, 9.17) is 6.42 Å². The molecule has 1 nitrogen and oxygen atoms in total. The standard InChI is InChI=1S/C11H14O/c1-2-3-6-11-7-4-5-10(12)9(11)8-11/h1,9H,3-8H2/t9-,11-/m1/s1. The van der Waals surface area contributed by atoms with Gasteiger partial charge in [0.1, 0.15) is 5.78 Å². The van der Waals surface area contributed by atoms with Gasteiger partial charge in [0.15, 0.2) is 0 Å². The van der Waals surface area contributed by atoms with Gasteiger partial charge in [-0.2, -0.15) is 0 Å². The number of Topliss-reactive ketones (excluding diaryl/α,β-unsaturated/α-hetero) is 1. The summed E-state index contributed by atoms with van der Waals surface area (Å²) in [4.78, 5) is 11.4. The van der Waals surface area contributed by atoms with Crippen molar-refractivity contribution in [2.45, 2.75) is 38.5 Å². The molecule has 0 radical (unpaired) electrons. The topological polar surface area (TPSA) is 17.1 Å². The summed E-state index contributed by atoms with van der Waals surface area (Å²) in [5.74, 6) is 3.57. The highest BCUT2D eigenvalue weighted by molar-refractivity contribution is 5.85. The van der Waals surface area contributed by atoms with Crippen molar-refractivity contribution in [2.24, 2.45) is 11.3 Å². The second kappa shape index (κ2) is 2.62. The highest BCUT2D eigenvalue weighted by atomic mass is 16.1. The van der Waals surface area contributed by atoms with E-state index < -0.39 is 0 Å². The molecule has 2 aliphatic carbocycles. The summed E-state index contributed by atoms with van der Waals surface area (Å²) in [5.41, 5.74) is 0.377. The van der Waals surface area contributed by atoms with Crippen LogP contribution in [0.3, 0.4) is 0 Å². The Morgan fingerprint density at radius 2 is 2.50 bits per heavy atom. The molecule has 2 rings (SSSR count). The summed E-state index contributed by atoms with van der Waals surface area (Å²) in [6.45, 7) is 0. The second-order valence-corrected chi connectivity index (χ2v) is 4.14. The summed E-state index contributed by atoms with van der Waals surface area (Å²) in [6.07, 6.45) is 11.4. The van der Waals surface area contributed by atoms with E-state index in [1.165, 1.54) is 6.42 Å². The van der Waals surface area contributed by atoms with Gasteiger partial charge in [-0.05, 0) is 31.1 Å². The number of hydrogen-bond acceptors (Lipinski definition) is 1. The van der Waals surface area contributed by atoms with Crippen LogP contribution in [-0.2, 0) is 4.79 Å². The van der Waals surface area contributed by atoms with Crippen LogP contribution in [0.4, 0.5) is 0 Å².